The quantitative estimate of drug-likeness (QED) is 0.646. The Morgan fingerprint density at radius 1 is 1.50 bits per heavy atom. The maximum atomic E-state index is 4.19. The number of allylic oxidation sites excluding steroid dienone is 1. The molecule has 0 N–H and O–H groups in total. The number of aryl methyl sites for hydroxylation is 1. The van der Waals surface area contributed by atoms with Gasteiger partial charge in [-0.1, -0.05) is 24.8 Å². The van der Waals surface area contributed by atoms with Crippen LogP contribution in [-0.4, -0.2) is 4.98 Å². The second-order valence-electron chi connectivity index (χ2n) is 2.60. The third kappa shape index (κ3) is 1.62. The molecular weight excluding hydrogens is 146 g/mol. The molecule has 0 radical (unpaired) electrons. The van der Waals surface area contributed by atoms with Crippen LogP contribution in [0, 0.1) is 6.92 Å². The average molecular weight is 159 g/mol. The standard InChI is InChI=1S/C11H13N/c1-4-6-10-7-8-12-9(3)11(10)5-2/h4-8H,2H2,1,3H3/b6-4-. The van der Waals surface area contributed by atoms with Crippen molar-refractivity contribution in [2.45, 2.75) is 13.8 Å². The fraction of sp³-hybridized carbons (Fsp3) is 0.182. The summed E-state index contributed by atoms with van der Waals surface area (Å²) in [6, 6.07) is 1.99. The van der Waals surface area contributed by atoms with Crippen LogP contribution in [0.5, 0.6) is 0 Å². The molecular formula is C11H13N. The lowest BCUT2D eigenvalue weighted by Gasteiger charge is -2.02. The summed E-state index contributed by atoms with van der Waals surface area (Å²) in [4.78, 5) is 4.19. The third-order valence-electron chi connectivity index (χ3n) is 1.77. The molecule has 1 rings (SSSR count). The second kappa shape index (κ2) is 3.86. The van der Waals surface area contributed by atoms with Crippen LogP contribution in [0.4, 0.5) is 0 Å². The van der Waals surface area contributed by atoms with Gasteiger partial charge in [-0.2, -0.15) is 0 Å². The molecule has 62 valence electrons. The van der Waals surface area contributed by atoms with Gasteiger partial charge in [0, 0.05) is 17.5 Å². The Morgan fingerprint density at radius 2 is 2.25 bits per heavy atom. The fourth-order valence-corrected chi connectivity index (χ4v) is 1.19. The molecule has 0 aliphatic rings. The van der Waals surface area contributed by atoms with E-state index in [2.05, 4.69) is 17.6 Å². The van der Waals surface area contributed by atoms with Crippen LogP contribution in [0.15, 0.2) is 24.9 Å². The molecule has 0 aromatic carbocycles. The van der Waals surface area contributed by atoms with Gasteiger partial charge in [0.15, 0.2) is 0 Å². The van der Waals surface area contributed by atoms with Crippen LogP contribution in [0.1, 0.15) is 23.7 Å². The summed E-state index contributed by atoms with van der Waals surface area (Å²) in [5.74, 6) is 0. The average Bonchev–Trinajstić information content (AvgIpc) is 2.05. The van der Waals surface area contributed by atoms with Gasteiger partial charge in [-0.25, -0.2) is 0 Å². The summed E-state index contributed by atoms with van der Waals surface area (Å²) in [5.41, 5.74) is 3.33. The Bertz CT molecular complexity index is 311. The molecule has 1 nitrogen and oxygen atoms in total. The first-order valence-electron chi connectivity index (χ1n) is 4.00. The summed E-state index contributed by atoms with van der Waals surface area (Å²) in [6.45, 7) is 7.75. The molecule has 0 atom stereocenters. The van der Waals surface area contributed by atoms with Crippen LogP contribution >= 0.6 is 0 Å². The molecule has 1 heteroatoms. The maximum absolute atomic E-state index is 4.19. The van der Waals surface area contributed by atoms with E-state index in [1.807, 2.05) is 38.3 Å². The van der Waals surface area contributed by atoms with Gasteiger partial charge >= 0.3 is 0 Å². The van der Waals surface area contributed by atoms with Gasteiger partial charge in [-0.05, 0) is 25.5 Å². The monoisotopic (exact) mass is 159 g/mol. The minimum Gasteiger partial charge on any atom is -0.261 e. The Hall–Kier alpha value is -1.37. The van der Waals surface area contributed by atoms with Crippen LogP contribution in [0.25, 0.3) is 12.2 Å². The van der Waals surface area contributed by atoms with Crippen LogP contribution in [-0.2, 0) is 0 Å². The summed E-state index contributed by atoms with van der Waals surface area (Å²) in [7, 11) is 0. The van der Waals surface area contributed by atoms with Gasteiger partial charge in [0.25, 0.3) is 0 Å². The fourth-order valence-electron chi connectivity index (χ4n) is 1.19. The van der Waals surface area contributed by atoms with Gasteiger partial charge in [-0.15, -0.1) is 0 Å². The highest BCUT2D eigenvalue weighted by Crippen LogP contribution is 2.14. The molecule has 0 unspecified atom stereocenters. The lowest BCUT2D eigenvalue weighted by Crippen LogP contribution is -1.88. The normalized spacial score (nSPS) is 10.5. The lowest BCUT2D eigenvalue weighted by atomic mass is 10.1. The van der Waals surface area contributed by atoms with Crippen molar-refractivity contribution in [3.8, 4) is 0 Å². The SMILES string of the molecule is C=Cc1c(/C=C\C)ccnc1C. The van der Waals surface area contributed by atoms with Gasteiger partial charge in [0.1, 0.15) is 0 Å². The van der Waals surface area contributed by atoms with Crippen LogP contribution in [0.2, 0.25) is 0 Å². The first-order valence-corrected chi connectivity index (χ1v) is 4.00. The van der Waals surface area contributed by atoms with Gasteiger partial charge < -0.3 is 0 Å². The smallest absolute Gasteiger partial charge is 0.0450 e. The van der Waals surface area contributed by atoms with Gasteiger partial charge in [0.05, 0.1) is 0 Å². The van der Waals surface area contributed by atoms with Crippen molar-refractivity contribution in [3.05, 3.63) is 41.7 Å². The Morgan fingerprint density at radius 3 is 2.83 bits per heavy atom. The minimum absolute atomic E-state index is 1.03. The van der Waals surface area contributed by atoms with Crippen molar-refractivity contribution in [2.24, 2.45) is 0 Å². The largest absolute Gasteiger partial charge is 0.261 e. The van der Waals surface area contributed by atoms with E-state index in [4.69, 9.17) is 0 Å². The van der Waals surface area contributed by atoms with E-state index >= 15 is 0 Å². The highest BCUT2D eigenvalue weighted by Gasteiger charge is 1.98. The number of aromatic nitrogens is 1. The van der Waals surface area contributed by atoms with E-state index < -0.39 is 0 Å². The Kier molecular flexibility index (Phi) is 2.81. The molecule has 0 bridgehead atoms. The van der Waals surface area contributed by atoms with E-state index in [1.165, 1.54) is 5.56 Å². The molecule has 0 aliphatic heterocycles. The van der Waals surface area contributed by atoms with E-state index in [0.29, 0.717) is 0 Å². The minimum atomic E-state index is 1.03. The second-order valence-corrected chi connectivity index (χ2v) is 2.60. The highest BCUT2D eigenvalue weighted by molar-refractivity contribution is 5.65. The lowest BCUT2D eigenvalue weighted by molar-refractivity contribution is 1.18. The van der Waals surface area contributed by atoms with Crippen LogP contribution in [0.3, 0.4) is 0 Å². The van der Waals surface area contributed by atoms with Gasteiger partial charge in [-0.3, -0.25) is 4.98 Å². The summed E-state index contributed by atoms with van der Waals surface area (Å²) < 4.78 is 0. The number of rotatable bonds is 2. The Balaban J connectivity index is 3.27. The van der Waals surface area contributed by atoms with E-state index in [9.17, 15) is 0 Å². The predicted molar refractivity (Wildman–Crippen MR) is 53.8 cm³/mol. The zero-order valence-electron chi connectivity index (χ0n) is 7.54. The first-order chi connectivity index (χ1) is 5.79. The summed E-state index contributed by atoms with van der Waals surface area (Å²) >= 11 is 0. The van der Waals surface area contributed by atoms with E-state index in [-0.39, 0.29) is 0 Å². The zero-order valence-corrected chi connectivity index (χ0v) is 7.54. The number of hydrogen-bond donors (Lipinski definition) is 0. The van der Waals surface area contributed by atoms with Crippen LogP contribution < -0.4 is 0 Å². The predicted octanol–water partition coefficient (Wildman–Crippen LogP) is 3.07. The molecule has 1 aromatic rings. The highest BCUT2D eigenvalue weighted by atomic mass is 14.7. The number of nitrogens with zero attached hydrogens (tertiary/aromatic N) is 1. The van der Waals surface area contributed by atoms with Crippen molar-refractivity contribution >= 4 is 12.2 Å². The van der Waals surface area contributed by atoms with Crippen molar-refractivity contribution in [1.82, 2.24) is 4.98 Å². The zero-order chi connectivity index (χ0) is 8.97. The van der Waals surface area contributed by atoms with Gasteiger partial charge in [0.2, 0.25) is 0 Å². The molecule has 0 fully saturated rings. The molecule has 0 saturated heterocycles. The molecule has 0 aliphatic carbocycles. The van der Waals surface area contributed by atoms with E-state index in [1.54, 1.807) is 0 Å². The Labute approximate surface area is 73.5 Å². The topological polar surface area (TPSA) is 12.9 Å². The number of hydrogen-bond acceptors (Lipinski definition) is 1. The number of pyridine rings is 1. The maximum Gasteiger partial charge on any atom is 0.0450 e. The molecule has 12 heavy (non-hydrogen) atoms. The molecule has 1 heterocycles. The van der Waals surface area contributed by atoms with Crippen molar-refractivity contribution in [1.29, 1.82) is 0 Å². The molecule has 0 saturated carbocycles. The molecule has 0 amide bonds. The van der Waals surface area contributed by atoms with E-state index in [0.717, 1.165) is 11.3 Å². The molecule has 1 aromatic heterocycles. The first kappa shape index (κ1) is 8.72. The molecule has 0 spiro atoms. The van der Waals surface area contributed by atoms with Crippen molar-refractivity contribution < 1.29 is 0 Å². The third-order valence-corrected chi connectivity index (χ3v) is 1.77. The van der Waals surface area contributed by atoms with Crippen molar-refractivity contribution in [3.63, 3.8) is 0 Å². The summed E-state index contributed by atoms with van der Waals surface area (Å²) in [5, 5.41) is 0. The van der Waals surface area contributed by atoms with Crippen molar-refractivity contribution in [2.75, 3.05) is 0 Å². The summed E-state index contributed by atoms with van der Waals surface area (Å²) in [6.07, 6.45) is 7.74.